The number of nitrogens with one attached hydrogen (secondary N) is 1. The second-order valence-electron chi connectivity index (χ2n) is 7.03. The summed E-state index contributed by atoms with van der Waals surface area (Å²) in [4.78, 5) is 3.79. The molecule has 0 aromatic heterocycles. The predicted molar refractivity (Wildman–Crippen MR) is 98.5 cm³/mol. The Bertz CT molecular complexity index is 818. The zero-order valence-electron chi connectivity index (χ0n) is 13.9. The van der Waals surface area contributed by atoms with E-state index in [4.69, 9.17) is 0 Å². The molecule has 0 radical (unpaired) electrons. The molecule has 2 nitrogen and oxygen atoms in total. The molecule has 1 N–H and O–H groups in total. The van der Waals surface area contributed by atoms with Gasteiger partial charge in [-0.2, -0.15) is 0 Å². The third-order valence-corrected chi connectivity index (χ3v) is 6.85. The van der Waals surface area contributed by atoms with E-state index in [-0.39, 0.29) is 5.56 Å². The summed E-state index contributed by atoms with van der Waals surface area (Å²) in [6.45, 7) is 2.93. The first kappa shape index (κ1) is 15.6. The summed E-state index contributed by atoms with van der Waals surface area (Å²) in [5, 5.41) is 3.48. The fraction of sp³-hybridized carbons (Fsp3) is 0.400. The number of rotatable bonds is 1. The lowest BCUT2D eigenvalue weighted by Gasteiger charge is -2.33. The van der Waals surface area contributed by atoms with Crippen molar-refractivity contribution in [2.45, 2.75) is 29.7 Å². The van der Waals surface area contributed by atoms with Gasteiger partial charge < -0.3 is 10.2 Å². The van der Waals surface area contributed by atoms with Crippen molar-refractivity contribution in [2.24, 2.45) is 0 Å². The van der Waals surface area contributed by atoms with Crippen LogP contribution in [-0.2, 0) is 0 Å². The molecule has 0 bridgehead atoms. The van der Waals surface area contributed by atoms with Crippen molar-refractivity contribution in [3.8, 4) is 11.1 Å². The van der Waals surface area contributed by atoms with Gasteiger partial charge in [0.25, 0.3) is 0 Å². The number of anilines is 1. The predicted octanol–water partition coefficient (Wildman–Crippen LogP) is 4.39. The Balaban J connectivity index is 1.78. The van der Waals surface area contributed by atoms with Crippen molar-refractivity contribution in [3.63, 3.8) is 0 Å². The molecule has 1 fully saturated rings. The van der Waals surface area contributed by atoms with E-state index >= 15 is 0 Å². The first-order valence-corrected chi connectivity index (χ1v) is 9.95. The molecule has 2 atom stereocenters. The van der Waals surface area contributed by atoms with Crippen molar-refractivity contribution in [2.75, 3.05) is 30.3 Å². The van der Waals surface area contributed by atoms with E-state index in [1.807, 2.05) is 17.8 Å². The molecular formula is C20H20F2N2S. The van der Waals surface area contributed by atoms with Crippen LogP contribution in [0.4, 0.5) is 14.5 Å². The van der Waals surface area contributed by atoms with Crippen molar-refractivity contribution < 1.29 is 8.78 Å². The molecule has 5 heteroatoms. The van der Waals surface area contributed by atoms with E-state index in [2.05, 4.69) is 16.3 Å². The normalized spacial score (nSPS) is 24.6. The van der Waals surface area contributed by atoms with Gasteiger partial charge in [-0.15, -0.1) is 11.8 Å². The highest BCUT2D eigenvalue weighted by atomic mass is 32.2. The number of fused-ring (bicyclic) bond motifs is 3. The lowest BCUT2D eigenvalue weighted by atomic mass is 9.85. The number of hydrogen-bond acceptors (Lipinski definition) is 3. The van der Waals surface area contributed by atoms with Crippen molar-refractivity contribution in [3.05, 3.63) is 47.5 Å². The summed E-state index contributed by atoms with van der Waals surface area (Å²) in [5.41, 5.74) is 3.24. The first-order valence-electron chi connectivity index (χ1n) is 8.97. The van der Waals surface area contributed by atoms with Crippen LogP contribution in [0.1, 0.15) is 24.3 Å². The highest BCUT2D eigenvalue weighted by Gasteiger charge is 2.43. The van der Waals surface area contributed by atoms with Gasteiger partial charge in [0, 0.05) is 29.9 Å². The number of halogens is 2. The van der Waals surface area contributed by atoms with Gasteiger partial charge >= 0.3 is 0 Å². The molecule has 0 saturated carbocycles. The Morgan fingerprint density at radius 3 is 2.80 bits per heavy atom. The van der Waals surface area contributed by atoms with E-state index in [1.165, 1.54) is 28.8 Å². The standard InChI is InChI=1S/C20H20F2N2S/c21-14-3-1-4-15(22)19(14)12-5-6-17-20-18(12)13-11-23-8-7-16(13)24(20)9-2-10-25-17/h1,3-6,13,16,23H,2,7-11H2. The quantitative estimate of drug-likeness (QED) is 0.814. The lowest BCUT2D eigenvalue weighted by molar-refractivity contribution is 0.403. The average molecular weight is 358 g/mol. The Hall–Kier alpha value is -1.59. The number of hydrogen-bond donors (Lipinski definition) is 1. The topological polar surface area (TPSA) is 15.3 Å². The fourth-order valence-corrected chi connectivity index (χ4v) is 5.74. The lowest BCUT2D eigenvalue weighted by Crippen LogP contribution is -2.44. The van der Waals surface area contributed by atoms with Gasteiger partial charge in [0.05, 0.1) is 11.3 Å². The molecule has 2 aromatic rings. The summed E-state index contributed by atoms with van der Waals surface area (Å²) < 4.78 is 29.1. The summed E-state index contributed by atoms with van der Waals surface area (Å²) in [6.07, 6.45) is 2.24. The van der Waals surface area contributed by atoms with Crippen molar-refractivity contribution >= 4 is 17.4 Å². The van der Waals surface area contributed by atoms with Crippen molar-refractivity contribution in [1.82, 2.24) is 5.32 Å². The van der Waals surface area contributed by atoms with Crippen molar-refractivity contribution in [1.29, 1.82) is 0 Å². The Morgan fingerprint density at radius 1 is 1.12 bits per heavy atom. The van der Waals surface area contributed by atoms with E-state index in [0.717, 1.165) is 49.4 Å². The van der Waals surface area contributed by atoms with Gasteiger partial charge in [-0.05, 0) is 54.5 Å². The number of piperidine rings is 1. The maximum atomic E-state index is 14.5. The van der Waals surface area contributed by atoms with Gasteiger partial charge in [-0.25, -0.2) is 8.78 Å². The monoisotopic (exact) mass is 358 g/mol. The number of nitrogens with zero attached hydrogens (tertiary/aromatic N) is 1. The maximum Gasteiger partial charge on any atom is 0.133 e. The zero-order chi connectivity index (χ0) is 17.0. The smallest absolute Gasteiger partial charge is 0.133 e. The highest BCUT2D eigenvalue weighted by Crippen LogP contribution is 2.53. The van der Waals surface area contributed by atoms with Crippen LogP contribution < -0.4 is 10.2 Å². The Labute approximate surface area is 150 Å². The first-order chi connectivity index (χ1) is 12.3. The van der Waals surface area contributed by atoms with Crippen LogP contribution in [0.3, 0.4) is 0 Å². The SMILES string of the molecule is Fc1cccc(F)c1-c1ccc2c3c1C1CNCCC1N3CCCS2. The van der Waals surface area contributed by atoms with Crippen LogP contribution in [0.15, 0.2) is 35.2 Å². The number of thioether (sulfide) groups is 1. The Kier molecular flexibility index (Phi) is 3.75. The zero-order valence-corrected chi connectivity index (χ0v) is 14.7. The molecule has 5 rings (SSSR count). The van der Waals surface area contributed by atoms with Gasteiger partial charge in [0.2, 0.25) is 0 Å². The van der Waals surface area contributed by atoms with E-state index in [0.29, 0.717) is 12.0 Å². The van der Waals surface area contributed by atoms with Crippen LogP contribution in [0.25, 0.3) is 11.1 Å². The van der Waals surface area contributed by atoms with Crippen LogP contribution in [0.2, 0.25) is 0 Å². The summed E-state index contributed by atoms with van der Waals surface area (Å²) in [5.74, 6) is 0.454. The van der Waals surface area contributed by atoms with Gasteiger partial charge in [-0.1, -0.05) is 12.1 Å². The van der Waals surface area contributed by atoms with Gasteiger partial charge in [-0.3, -0.25) is 0 Å². The maximum absolute atomic E-state index is 14.5. The minimum absolute atomic E-state index is 0.126. The third kappa shape index (κ3) is 2.32. The average Bonchev–Trinajstić information content (AvgIpc) is 2.79. The molecule has 2 unspecified atom stereocenters. The fourth-order valence-electron chi connectivity index (χ4n) is 4.72. The summed E-state index contributed by atoms with van der Waals surface area (Å²) in [6, 6.07) is 8.59. The molecule has 1 saturated heterocycles. The number of benzene rings is 2. The van der Waals surface area contributed by atoms with E-state index in [9.17, 15) is 8.78 Å². The molecule has 0 aliphatic carbocycles. The van der Waals surface area contributed by atoms with E-state index in [1.54, 1.807) is 0 Å². The van der Waals surface area contributed by atoms with E-state index < -0.39 is 11.6 Å². The molecule has 130 valence electrons. The Morgan fingerprint density at radius 2 is 1.96 bits per heavy atom. The highest BCUT2D eigenvalue weighted by molar-refractivity contribution is 7.99. The van der Waals surface area contributed by atoms with Gasteiger partial charge in [0.15, 0.2) is 0 Å². The third-order valence-electron chi connectivity index (χ3n) is 5.72. The second kappa shape index (κ2) is 5.99. The molecule has 2 aromatic carbocycles. The minimum Gasteiger partial charge on any atom is -0.367 e. The largest absolute Gasteiger partial charge is 0.367 e. The van der Waals surface area contributed by atoms with Crippen LogP contribution in [-0.4, -0.2) is 31.4 Å². The van der Waals surface area contributed by atoms with Crippen LogP contribution >= 0.6 is 11.8 Å². The van der Waals surface area contributed by atoms with Crippen LogP contribution in [0, 0.1) is 11.6 Å². The molecular weight excluding hydrogens is 338 g/mol. The molecule has 0 amide bonds. The molecule has 0 spiro atoms. The van der Waals surface area contributed by atoms with Crippen LogP contribution in [0.5, 0.6) is 0 Å². The molecule has 3 heterocycles. The minimum atomic E-state index is -0.476. The molecule has 3 aliphatic heterocycles. The van der Waals surface area contributed by atoms with Gasteiger partial charge in [0.1, 0.15) is 11.6 Å². The molecule has 3 aliphatic rings. The summed E-state index contributed by atoms with van der Waals surface area (Å²) >= 11 is 1.88. The second-order valence-corrected chi connectivity index (χ2v) is 8.17. The summed E-state index contributed by atoms with van der Waals surface area (Å²) in [7, 11) is 0. The molecule has 25 heavy (non-hydrogen) atoms.